The summed E-state index contributed by atoms with van der Waals surface area (Å²) >= 11 is 0. The maximum absolute atomic E-state index is 12.8. The summed E-state index contributed by atoms with van der Waals surface area (Å²) in [5.74, 6) is -1.17. The van der Waals surface area contributed by atoms with Crippen molar-refractivity contribution in [2.45, 2.75) is 39.2 Å². The SMILES string of the molecule is CC(=O)Oc1cc(OC(C)=O)cc(C(=O)N2CCCC2(C)CO)c1. The van der Waals surface area contributed by atoms with Crippen LogP contribution in [0, 0.1) is 0 Å². The molecule has 1 fully saturated rings. The van der Waals surface area contributed by atoms with Gasteiger partial charge in [-0.25, -0.2) is 0 Å². The molecule has 1 aliphatic rings. The number of amides is 1. The van der Waals surface area contributed by atoms with Gasteiger partial charge in [-0.05, 0) is 31.9 Å². The average molecular weight is 335 g/mol. The molecule has 0 bridgehead atoms. The fourth-order valence-corrected chi connectivity index (χ4v) is 2.83. The fourth-order valence-electron chi connectivity index (χ4n) is 2.83. The maximum Gasteiger partial charge on any atom is 0.308 e. The summed E-state index contributed by atoms with van der Waals surface area (Å²) in [4.78, 5) is 36.8. The van der Waals surface area contributed by atoms with E-state index in [4.69, 9.17) is 9.47 Å². The van der Waals surface area contributed by atoms with Gasteiger partial charge in [0.1, 0.15) is 11.5 Å². The molecule has 1 heterocycles. The van der Waals surface area contributed by atoms with Gasteiger partial charge in [-0.1, -0.05) is 0 Å². The summed E-state index contributed by atoms with van der Waals surface area (Å²) in [6, 6.07) is 4.22. The molecule has 1 saturated heterocycles. The molecule has 1 atom stereocenters. The number of likely N-dealkylation sites (tertiary alicyclic amines) is 1. The van der Waals surface area contributed by atoms with Crippen LogP contribution in [0.25, 0.3) is 0 Å². The number of aliphatic hydroxyl groups excluding tert-OH is 1. The minimum Gasteiger partial charge on any atom is -0.427 e. The number of aliphatic hydroxyl groups is 1. The quantitative estimate of drug-likeness (QED) is 0.662. The molecule has 1 unspecified atom stereocenters. The van der Waals surface area contributed by atoms with Gasteiger partial charge in [0.15, 0.2) is 0 Å². The van der Waals surface area contributed by atoms with Gasteiger partial charge in [0.2, 0.25) is 0 Å². The number of ether oxygens (including phenoxy) is 2. The Kier molecular flexibility index (Phi) is 5.23. The molecule has 0 aliphatic carbocycles. The Bertz CT molecular complexity index is 637. The van der Waals surface area contributed by atoms with Gasteiger partial charge in [-0.3, -0.25) is 14.4 Å². The standard InChI is InChI=1S/C17H21NO6/c1-11(20)23-14-7-13(8-15(9-14)24-12(2)21)16(22)18-6-4-5-17(18,3)10-19/h7-9,19H,4-6,10H2,1-3H3. The molecule has 0 spiro atoms. The highest BCUT2D eigenvalue weighted by Crippen LogP contribution is 2.32. The smallest absolute Gasteiger partial charge is 0.308 e. The highest BCUT2D eigenvalue weighted by molar-refractivity contribution is 5.96. The summed E-state index contributed by atoms with van der Waals surface area (Å²) < 4.78 is 10.0. The Balaban J connectivity index is 2.38. The molecule has 0 radical (unpaired) electrons. The van der Waals surface area contributed by atoms with Crippen molar-refractivity contribution in [2.75, 3.05) is 13.2 Å². The van der Waals surface area contributed by atoms with Gasteiger partial charge in [0.05, 0.1) is 12.1 Å². The average Bonchev–Trinajstić information content (AvgIpc) is 2.87. The number of esters is 2. The van der Waals surface area contributed by atoms with Gasteiger partial charge < -0.3 is 19.5 Å². The molecule has 1 aromatic carbocycles. The van der Waals surface area contributed by atoms with Crippen molar-refractivity contribution >= 4 is 17.8 Å². The molecular weight excluding hydrogens is 314 g/mol. The van der Waals surface area contributed by atoms with Gasteiger partial charge in [-0.2, -0.15) is 0 Å². The zero-order valence-electron chi connectivity index (χ0n) is 14.0. The minimum absolute atomic E-state index is 0.120. The number of hydrogen-bond acceptors (Lipinski definition) is 6. The molecule has 130 valence electrons. The summed E-state index contributed by atoms with van der Waals surface area (Å²) in [6.45, 7) is 4.68. The lowest BCUT2D eigenvalue weighted by atomic mass is 9.99. The molecule has 1 N–H and O–H groups in total. The monoisotopic (exact) mass is 335 g/mol. The predicted octanol–water partition coefficient (Wildman–Crippen LogP) is 1.52. The van der Waals surface area contributed by atoms with E-state index < -0.39 is 17.5 Å². The third-order valence-corrected chi connectivity index (χ3v) is 3.98. The van der Waals surface area contributed by atoms with E-state index in [1.54, 1.807) is 4.90 Å². The second kappa shape index (κ2) is 7.00. The van der Waals surface area contributed by atoms with Crippen LogP contribution in [0.3, 0.4) is 0 Å². The summed E-state index contributed by atoms with van der Waals surface area (Å²) in [5, 5.41) is 9.61. The van der Waals surface area contributed by atoms with E-state index in [2.05, 4.69) is 0 Å². The van der Waals surface area contributed by atoms with E-state index >= 15 is 0 Å². The first-order chi connectivity index (χ1) is 11.2. The molecular formula is C17H21NO6. The Morgan fingerprint density at radius 2 is 1.67 bits per heavy atom. The zero-order valence-corrected chi connectivity index (χ0v) is 14.0. The van der Waals surface area contributed by atoms with Crippen LogP contribution in [-0.2, 0) is 9.59 Å². The lowest BCUT2D eigenvalue weighted by Crippen LogP contribution is -2.47. The van der Waals surface area contributed by atoms with Crippen molar-refractivity contribution in [3.05, 3.63) is 23.8 Å². The van der Waals surface area contributed by atoms with Crippen LogP contribution in [0.15, 0.2) is 18.2 Å². The van der Waals surface area contributed by atoms with Crippen LogP contribution in [-0.4, -0.2) is 46.5 Å². The van der Waals surface area contributed by atoms with E-state index in [0.29, 0.717) is 13.0 Å². The van der Waals surface area contributed by atoms with Gasteiger partial charge in [0, 0.05) is 32.0 Å². The molecule has 1 amide bonds. The summed E-state index contributed by atoms with van der Waals surface area (Å²) in [6.07, 6.45) is 1.50. The van der Waals surface area contributed by atoms with Gasteiger partial charge >= 0.3 is 11.9 Å². The third kappa shape index (κ3) is 3.91. The van der Waals surface area contributed by atoms with Crippen LogP contribution in [0.1, 0.15) is 44.0 Å². The third-order valence-electron chi connectivity index (χ3n) is 3.98. The van der Waals surface area contributed by atoms with E-state index in [1.165, 1.54) is 32.0 Å². The topological polar surface area (TPSA) is 93.1 Å². The van der Waals surface area contributed by atoms with Crippen molar-refractivity contribution in [3.8, 4) is 11.5 Å². The maximum atomic E-state index is 12.8. The van der Waals surface area contributed by atoms with E-state index in [0.717, 1.165) is 6.42 Å². The van der Waals surface area contributed by atoms with Crippen molar-refractivity contribution in [1.82, 2.24) is 4.90 Å². The first kappa shape index (κ1) is 17.9. The number of carbonyl (C=O) groups excluding carboxylic acids is 3. The summed E-state index contributed by atoms with van der Waals surface area (Å²) in [5.41, 5.74) is -0.401. The normalized spacial score (nSPS) is 19.9. The fraction of sp³-hybridized carbons (Fsp3) is 0.471. The number of nitrogens with zero attached hydrogens (tertiary/aromatic N) is 1. The van der Waals surface area contributed by atoms with E-state index in [-0.39, 0.29) is 29.6 Å². The molecule has 0 saturated carbocycles. The van der Waals surface area contributed by atoms with Crippen LogP contribution in [0.4, 0.5) is 0 Å². The molecule has 2 rings (SSSR count). The van der Waals surface area contributed by atoms with E-state index in [1.807, 2.05) is 6.92 Å². The van der Waals surface area contributed by atoms with Crippen LogP contribution in [0.2, 0.25) is 0 Å². The second-order valence-corrected chi connectivity index (χ2v) is 6.10. The molecule has 24 heavy (non-hydrogen) atoms. The van der Waals surface area contributed by atoms with Gasteiger partial charge in [0.25, 0.3) is 5.91 Å². The molecule has 7 heteroatoms. The Labute approximate surface area is 140 Å². The van der Waals surface area contributed by atoms with Crippen LogP contribution < -0.4 is 9.47 Å². The second-order valence-electron chi connectivity index (χ2n) is 6.10. The lowest BCUT2D eigenvalue weighted by Gasteiger charge is -2.33. The van der Waals surface area contributed by atoms with E-state index in [9.17, 15) is 19.5 Å². The predicted molar refractivity (Wildman–Crippen MR) is 84.8 cm³/mol. The lowest BCUT2D eigenvalue weighted by molar-refractivity contribution is -0.132. The Morgan fingerprint density at radius 3 is 2.12 bits per heavy atom. The first-order valence-corrected chi connectivity index (χ1v) is 7.70. The van der Waals surface area contributed by atoms with Crippen molar-refractivity contribution in [1.29, 1.82) is 0 Å². The van der Waals surface area contributed by atoms with Gasteiger partial charge in [-0.15, -0.1) is 0 Å². The van der Waals surface area contributed by atoms with Crippen molar-refractivity contribution in [2.24, 2.45) is 0 Å². The number of rotatable bonds is 4. The first-order valence-electron chi connectivity index (χ1n) is 7.70. The van der Waals surface area contributed by atoms with Crippen LogP contribution in [0.5, 0.6) is 11.5 Å². The zero-order chi connectivity index (χ0) is 17.9. The number of benzene rings is 1. The Morgan fingerprint density at radius 1 is 1.12 bits per heavy atom. The highest BCUT2D eigenvalue weighted by atomic mass is 16.5. The number of carbonyl (C=O) groups is 3. The molecule has 7 nitrogen and oxygen atoms in total. The highest BCUT2D eigenvalue weighted by Gasteiger charge is 2.39. The summed E-state index contributed by atoms with van der Waals surface area (Å²) in [7, 11) is 0. The minimum atomic E-state index is -0.629. The Hall–Kier alpha value is -2.41. The van der Waals surface area contributed by atoms with Crippen LogP contribution >= 0.6 is 0 Å². The number of hydrogen-bond donors (Lipinski definition) is 1. The molecule has 0 aromatic heterocycles. The molecule has 1 aliphatic heterocycles. The van der Waals surface area contributed by atoms with Crippen molar-refractivity contribution in [3.63, 3.8) is 0 Å². The molecule has 1 aromatic rings. The van der Waals surface area contributed by atoms with Crippen molar-refractivity contribution < 1.29 is 29.0 Å². The largest absolute Gasteiger partial charge is 0.427 e.